The van der Waals surface area contributed by atoms with Crippen molar-refractivity contribution in [1.82, 2.24) is 0 Å². The van der Waals surface area contributed by atoms with Gasteiger partial charge in [0.15, 0.2) is 11.5 Å². The summed E-state index contributed by atoms with van der Waals surface area (Å²) in [5.74, 6) is 2.99. The maximum atomic E-state index is 6.58. The number of fused-ring (bicyclic) bond motifs is 5. The molecule has 0 bridgehead atoms. The summed E-state index contributed by atoms with van der Waals surface area (Å²) in [5, 5.41) is 4.42. The van der Waals surface area contributed by atoms with Crippen molar-refractivity contribution in [1.29, 1.82) is 0 Å². The van der Waals surface area contributed by atoms with Gasteiger partial charge in [0.1, 0.15) is 0 Å². The minimum Gasteiger partial charge on any atom is -0.489 e. The molecule has 0 saturated heterocycles. The molecule has 2 nitrogen and oxygen atoms in total. The fourth-order valence-electron chi connectivity index (χ4n) is 4.68. The molecular weight excluding hydrogens is 489 g/mol. The Balaban J connectivity index is 1.68. The highest BCUT2D eigenvalue weighted by Crippen LogP contribution is 2.54. The van der Waals surface area contributed by atoms with Crippen molar-refractivity contribution >= 4 is 34.4 Å². The van der Waals surface area contributed by atoms with Gasteiger partial charge in [-0.1, -0.05) is 78.0 Å². The van der Waals surface area contributed by atoms with Crippen molar-refractivity contribution in [3.63, 3.8) is 0 Å². The van der Waals surface area contributed by atoms with Gasteiger partial charge in [0, 0.05) is 11.1 Å². The molecule has 1 aromatic carbocycles. The highest BCUT2D eigenvalue weighted by atomic mass is 32.2. The van der Waals surface area contributed by atoms with E-state index in [0.717, 1.165) is 37.6 Å². The maximum absolute atomic E-state index is 6.58. The summed E-state index contributed by atoms with van der Waals surface area (Å²) >= 11 is 5.57. The van der Waals surface area contributed by atoms with Crippen LogP contribution in [0.25, 0.3) is 22.3 Å². The first kappa shape index (κ1) is 26.6. The molecule has 2 atom stereocenters. The van der Waals surface area contributed by atoms with Crippen LogP contribution in [0.5, 0.6) is 11.5 Å². The van der Waals surface area contributed by atoms with E-state index in [9.17, 15) is 0 Å². The van der Waals surface area contributed by atoms with Crippen LogP contribution in [0.1, 0.15) is 79.1 Å². The van der Waals surface area contributed by atoms with Crippen molar-refractivity contribution in [2.45, 2.75) is 87.5 Å². The second kappa shape index (κ2) is 13.2. The Morgan fingerprint density at radius 3 is 1.51 bits per heavy atom. The first-order valence-electron chi connectivity index (χ1n) is 13.5. The van der Waals surface area contributed by atoms with Crippen LogP contribution >= 0.6 is 34.4 Å². The Labute approximate surface area is 224 Å². The summed E-state index contributed by atoms with van der Waals surface area (Å²) in [5.41, 5.74) is 5.19. The number of thiophene rings is 2. The van der Waals surface area contributed by atoms with E-state index in [1.165, 1.54) is 69.2 Å². The first-order chi connectivity index (χ1) is 17.2. The zero-order chi connectivity index (χ0) is 24.6. The number of unbranched alkanes of at least 4 members (excludes halogenated alkanes) is 2. The Bertz CT molecular complexity index is 984. The van der Waals surface area contributed by atoms with Gasteiger partial charge in [-0.05, 0) is 70.8 Å². The zero-order valence-electron chi connectivity index (χ0n) is 21.7. The van der Waals surface area contributed by atoms with Gasteiger partial charge in [0.05, 0.1) is 21.6 Å². The molecule has 5 heteroatoms. The Kier molecular flexibility index (Phi) is 10.1. The molecule has 2 aromatic heterocycles. The minimum atomic E-state index is 0.588. The molecule has 1 aliphatic rings. The third kappa shape index (κ3) is 6.47. The minimum absolute atomic E-state index is 0.588. The van der Waals surface area contributed by atoms with Crippen molar-refractivity contribution in [3.8, 4) is 33.8 Å². The third-order valence-corrected chi connectivity index (χ3v) is 10.4. The normalized spacial score (nSPS) is 13.9. The molecule has 0 amide bonds. The van der Waals surface area contributed by atoms with Crippen molar-refractivity contribution in [2.24, 2.45) is 11.8 Å². The van der Waals surface area contributed by atoms with Crippen LogP contribution in [0.3, 0.4) is 0 Å². The monoisotopic (exact) mass is 528 g/mol. The highest BCUT2D eigenvalue weighted by molar-refractivity contribution is 8.03. The summed E-state index contributed by atoms with van der Waals surface area (Å²) in [6.07, 6.45) is 9.77. The van der Waals surface area contributed by atoms with Gasteiger partial charge in [-0.2, -0.15) is 0 Å². The lowest BCUT2D eigenvalue weighted by molar-refractivity contribution is 0.199. The van der Waals surface area contributed by atoms with E-state index in [1.807, 2.05) is 34.4 Å². The predicted octanol–water partition coefficient (Wildman–Crippen LogP) is 10.8. The van der Waals surface area contributed by atoms with Crippen molar-refractivity contribution in [2.75, 3.05) is 13.2 Å². The van der Waals surface area contributed by atoms with Crippen LogP contribution < -0.4 is 9.47 Å². The lowest BCUT2D eigenvalue weighted by Crippen LogP contribution is -2.14. The third-order valence-electron chi connectivity index (χ3n) is 7.14. The molecule has 0 saturated carbocycles. The van der Waals surface area contributed by atoms with Gasteiger partial charge in [-0.25, -0.2) is 0 Å². The number of hydrogen-bond donors (Lipinski definition) is 0. The number of ether oxygens (including phenoxy) is 2. The second-order valence-electron chi connectivity index (χ2n) is 9.65. The van der Waals surface area contributed by atoms with Gasteiger partial charge in [-0.15, -0.1) is 22.7 Å². The van der Waals surface area contributed by atoms with Crippen LogP contribution in [0.15, 0.2) is 43.4 Å². The quantitative estimate of drug-likeness (QED) is 0.162. The average Bonchev–Trinajstić information content (AvgIpc) is 3.52. The summed E-state index contributed by atoms with van der Waals surface area (Å²) in [6.45, 7) is 10.6. The molecule has 35 heavy (non-hydrogen) atoms. The van der Waals surface area contributed by atoms with Crippen LogP contribution in [-0.4, -0.2) is 13.2 Å². The number of rotatable bonds is 14. The molecule has 190 valence electrons. The van der Waals surface area contributed by atoms with E-state index >= 15 is 0 Å². The highest BCUT2D eigenvalue weighted by Gasteiger charge is 2.25. The van der Waals surface area contributed by atoms with E-state index in [2.05, 4.69) is 62.7 Å². The fraction of sp³-hybridized carbons (Fsp3) is 0.533. The summed E-state index contributed by atoms with van der Waals surface area (Å²) in [4.78, 5) is 0. The van der Waals surface area contributed by atoms with Crippen LogP contribution in [0.4, 0.5) is 0 Å². The molecule has 3 heterocycles. The smallest absolute Gasteiger partial charge is 0.161 e. The van der Waals surface area contributed by atoms with Gasteiger partial charge < -0.3 is 9.47 Å². The topological polar surface area (TPSA) is 18.5 Å². The van der Waals surface area contributed by atoms with Crippen LogP contribution in [0.2, 0.25) is 0 Å². The second-order valence-corrected chi connectivity index (χ2v) is 13.0. The van der Waals surface area contributed by atoms with E-state index < -0.39 is 0 Å². The van der Waals surface area contributed by atoms with Crippen LogP contribution in [0, 0.1) is 11.8 Å². The molecule has 0 N–H and O–H groups in total. The molecule has 4 rings (SSSR count). The first-order valence-corrected chi connectivity index (χ1v) is 16.0. The SMILES string of the molecule is CCCCC(CC)COc1cc2c(cc1OCC(CC)CCCC)-c1ccsc1Sc1sccc1-2. The predicted molar refractivity (Wildman–Crippen MR) is 155 cm³/mol. The van der Waals surface area contributed by atoms with E-state index in [0.29, 0.717) is 11.8 Å². The maximum Gasteiger partial charge on any atom is 0.161 e. The average molecular weight is 529 g/mol. The molecule has 1 aliphatic heterocycles. The van der Waals surface area contributed by atoms with E-state index in [4.69, 9.17) is 9.47 Å². The van der Waals surface area contributed by atoms with Gasteiger partial charge in [0.25, 0.3) is 0 Å². The Morgan fingerprint density at radius 1 is 0.657 bits per heavy atom. The standard InChI is InChI=1S/C30H40O2S3/c1-5-9-11-21(7-3)19-31-27-17-25-23-13-15-33-29(23)35-30-24(14-16-34-30)26(25)18-28(27)32-20-22(8-4)12-10-6-2/h13-18,21-22H,5-12,19-20H2,1-4H3. The molecule has 0 radical (unpaired) electrons. The van der Waals surface area contributed by atoms with E-state index in [1.54, 1.807) is 0 Å². The zero-order valence-corrected chi connectivity index (χ0v) is 24.2. The lowest BCUT2D eigenvalue weighted by atomic mass is 9.96. The van der Waals surface area contributed by atoms with Gasteiger partial charge >= 0.3 is 0 Å². The largest absolute Gasteiger partial charge is 0.489 e. The number of benzene rings is 1. The summed E-state index contributed by atoms with van der Waals surface area (Å²) in [7, 11) is 0. The molecular formula is C30H40O2S3. The molecule has 0 aliphatic carbocycles. The van der Waals surface area contributed by atoms with Gasteiger partial charge in [-0.3, -0.25) is 0 Å². The molecule has 0 spiro atoms. The van der Waals surface area contributed by atoms with Crippen molar-refractivity contribution in [3.05, 3.63) is 35.0 Å². The van der Waals surface area contributed by atoms with Crippen LogP contribution in [-0.2, 0) is 0 Å². The number of hydrogen-bond acceptors (Lipinski definition) is 5. The van der Waals surface area contributed by atoms with Gasteiger partial charge in [0.2, 0.25) is 0 Å². The Hall–Kier alpha value is -1.43. The lowest BCUT2D eigenvalue weighted by Gasteiger charge is -2.22. The molecule has 3 aromatic rings. The fourth-order valence-corrected chi connectivity index (χ4v) is 8.06. The van der Waals surface area contributed by atoms with E-state index in [-0.39, 0.29) is 0 Å². The molecule has 2 unspecified atom stereocenters. The Morgan fingerprint density at radius 2 is 1.11 bits per heavy atom. The summed E-state index contributed by atoms with van der Waals surface area (Å²) < 4.78 is 15.9. The van der Waals surface area contributed by atoms with Crippen molar-refractivity contribution < 1.29 is 9.47 Å². The molecule has 0 fully saturated rings. The summed E-state index contributed by atoms with van der Waals surface area (Å²) in [6, 6.07) is 9.06.